The second-order valence-corrected chi connectivity index (χ2v) is 5.79. The number of carbonyl (C=O) groups excluding carboxylic acids is 1. The van der Waals surface area contributed by atoms with E-state index < -0.39 is 0 Å². The molecule has 0 unspecified atom stereocenters. The van der Waals surface area contributed by atoms with Gasteiger partial charge in [0.15, 0.2) is 11.5 Å². The Morgan fingerprint density at radius 1 is 1.36 bits per heavy atom. The first-order valence-corrected chi connectivity index (χ1v) is 8.79. The lowest BCUT2D eigenvalue weighted by atomic mass is 10.2. The van der Waals surface area contributed by atoms with Crippen molar-refractivity contribution in [1.82, 2.24) is 15.2 Å². The van der Waals surface area contributed by atoms with Crippen molar-refractivity contribution < 1.29 is 14.3 Å². The van der Waals surface area contributed by atoms with E-state index in [2.05, 4.69) is 20.3 Å². The summed E-state index contributed by atoms with van der Waals surface area (Å²) in [5, 5.41) is 2.83. The number of para-hydroxylation sites is 1. The number of hydrogen-bond donors (Lipinski definition) is 2. The van der Waals surface area contributed by atoms with Gasteiger partial charge < -0.3 is 20.1 Å². The number of methoxy groups -OCH3 is 1. The maximum Gasteiger partial charge on any atom is 0.259 e. The molecule has 9 heteroatoms. The number of pyridine rings is 1. The highest BCUT2D eigenvalue weighted by Gasteiger charge is 2.19. The first-order valence-electron chi connectivity index (χ1n) is 8.79. The molecule has 0 saturated heterocycles. The lowest BCUT2D eigenvalue weighted by Crippen LogP contribution is -2.42. The van der Waals surface area contributed by atoms with E-state index in [1.54, 1.807) is 47.8 Å². The van der Waals surface area contributed by atoms with E-state index in [0.29, 0.717) is 55.0 Å². The van der Waals surface area contributed by atoms with Crippen LogP contribution in [0.15, 0.2) is 52.7 Å². The number of ether oxygens (including phenoxy) is 2. The highest BCUT2D eigenvalue weighted by Crippen LogP contribution is 2.37. The molecule has 0 atom stereocenters. The predicted molar refractivity (Wildman–Crippen MR) is 106 cm³/mol. The average molecular weight is 382 g/mol. The van der Waals surface area contributed by atoms with Crippen LogP contribution in [0, 0.1) is 0 Å². The van der Waals surface area contributed by atoms with Crippen LogP contribution in [0.3, 0.4) is 0 Å². The Kier molecular flexibility index (Phi) is 6.53. The van der Waals surface area contributed by atoms with Crippen molar-refractivity contribution in [2.45, 2.75) is 0 Å². The fraction of sp³-hybridized carbons (Fsp3) is 0.263. The molecule has 0 saturated carbocycles. The van der Waals surface area contributed by atoms with Crippen LogP contribution in [0.5, 0.6) is 11.5 Å². The summed E-state index contributed by atoms with van der Waals surface area (Å²) < 4.78 is 11.1. The second-order valence-electron chi connectivity index (χ2n) is 5.79. The monoisotopic (exact) mass is 382 g/mol. The quantitative estimate of drug-likeness (QED) is 0.573. The van der Waals surface area contributed by atoms with Gasteiger partial charge in [0.25, 0.3) is 5.91 Å². The summed E-state index contributed by atoms with van der Waals surface area (Å²) in [4.78, 5) is 27.1. The summed E-state index contributed by atoms with van der Waals surface area (Å²) in [7, 11) is 1.54. The van der Waals surface area contributed by atoms with Gasteiger partial charge in [-0.2, -0.15) is 0 Å². The molecule has 1 aliphatic heterocycles. The summed E-state index contributed by atoms with van der Waals surface area (Å²) in [6, 6.07) is 8.73. The molecule has 1 amide bonds. The smallest absolute Gasteiger partial charge is 0.259 e. The number of guanidine groups is 1. The van der Waals surface area contributed by atoms with Gasteiger partial charge in [-0.05, 0) is 24.3 Å². The number of benzene rings is 1. The van der Waals surface area contributed by atoms with Crippen molar-refractivity contribution in [3.05, 3.63) is 48.3 Å². The summed E-state index contributed by atoms with van der Waals surface area (Å²) in [5.41, 5.74) is 6.45. The van der Waals surface area contributed by atoms with Crippen molar-refractivity contribution >= 4 is 23.9 Å². The topological polar surface area (TPSA) is 114 Å². The average Bonchev–Trinajstić information content (AvgIpc) is 3.27. The van der Waals surface area contributed by atoms with Gasteiger partial charge in [0.05, 0.1) is 25.6 Å². The van der Waals surface area contributed by atoms with E-state index in [9.17, 15) is 4.79 Å². The minimum atomic E-state index is -0.318. The lowest BCUT2D eigenvalue weighted by Gasteiger charge is -2.19. The van der Waals surface area contributed by atoms with Gasteiger partial charge in [0.1, 0.15) is 12.3 Å². The van der Waals surface area contributed by atoms with Crippen molar-refractivity contribution in [3.63, 3.8) is 0 Å². The summed E-state index contributed by atoms with van der Waals surface area (Å²) in [6.07, 6.45) is 4.74. The highest BCUT2D eigenvalue weighted by atomic mass is 16.5. The maximum absolute atomic E-state index is 12.6. The summed E-state index contributed by atoms with van der Waals surface area (Å²) in [5.74, 6) is 1.01. The van der Waals surface area contributed by atoms with E-state index in [1.807, 2.05) is 0 Å². The Hall–Kier alpha value is -3.46. The molecule has 2 heterocycles. The number of rotatable bonds is 6. The minimum Gasteiger partial charge on any atom is -0.491 e. The maximum atomic E-state index is 12.6. The molecule has 28 heavy (non-hydrogen) atoms. The van der Waals surface area contributed by atoms with Gasteiger partial charge >= 0.3 is 0 Å². The van der Waals surface area contributed by atoms with Crippen molar-refractivity contribution in [3.8, 4) is 11.5 Å². The van der Waals surface area contributed by atoms with E-state index >= 15 is 0 Å². The number of nitrogens with zero attached hydrogens (tertiary/aromatic N) is 4. The Balaban J connectivity index is 1.93. The van der Waals surface area contributed by atoms with Crippen molar-refractivity contribution in [2.75, 3.05) is 33.4 Å². The molecule has 1 aliphatic rings. The number of nitrogens with one attached hydrogen (secondary N) is 1. The van der Waals surface area contributed by atoms with Gasteiger partial charge in [-0.3, -0.25) is 20.1 Å². The zero-order chi connectivity index (χ0) is 19.8. The van der Waals surface area contributed by atoms with Crippen LogP contribution < -0.4 is 20.5 Å². The molecule has 0 aliphatic carbocycles. The molecule has 3 N–H and O–H groups in total. The Morgan fingerprint density at radius 3 is 2.93 bits per heavy atom. The SMILES string of the molecule is COc1c(/N=C(/NC(=O)c2cccnc2)N2C=NCC2)cccc1OCCN. The van der Waals surface area contributed by atoms with Crippen LogP contribution in [0.25, 0.3) is 0 Å². The fourth-order valence-corrected chi connectivity index (χ4v) is 2.57. The molecule has 1 aromatic carbocycles. The number of carbonyl (C=O) groups is 1. The molecular formula is C19H22N6O3. The number of aromatic nitrogens is 1. The van der Waals surface area contributed by atoms with Crippen LogP contribution >= 0.6 is 0 Å². The largest absolute Gasteiger partial charge is 0.491 e. The molecule has 0 bridgehead atoms. The van der Waals surface area contributed by atoms with Crippen LogP contribution in [0.1, 0.15) is 10.4 Å². The number of amides is 1. The third kappa shape index (κ3) is 4.63. The fourth-order valence-electron chi connectivity index (χ4n) is 2.57. The predicted octanol–water partition coefficient (Wildman–Crippen LogP) is 1.19. The molecule has 0 radical (unpaired) electrons. The molecule has 9 nitrogen and oxygen atoms in total. The Bertz CT molecular complexity index is 869. The second kappa shape index (κ2) is 9.47. The van der Waals surface area contributed by atoms with Gasteiger partial charge in [-0.15, -0.1) is 0 Å². The van der Waals surface area contributed by atoms with Gasteiger partial charge in [0.2, 0.25) is 5.96 Å². The summed E-state index contributed by atoms with van der Waals surface area (Å²) >= 11 is 0. The van der Waals surface area contributed by atoms with E-state index in [1.165, 1.54) is 13.3 Å². The minimum absolute atomic E-state index is 0.318. The van der Waals surface area contributed by atoms with Crippen LogP contribution in [-0.2, 0) is 0 Å². The van der Waals surface area contributed by atoms with Gasteiger partial charge in [0, 0.05) is 25.5 Å². The van der Waals surface area contributed by atoms with Crippen molar-refractivity contribution in [2.24, 2.45) is 15.7 Å². The highest BCUT2D eigenvalue weighted by molar-refractivity contribution is 6.08. The molecule has 0 spiro atoms. The number of hydrogen-bond acceptors (Lipinski definition) is 7. The Labute approximate surface area is 162 Å². The van der Waals surface area contributed by atoms with E-state index in [-0.39, 0.29) is 5.91 Å². The summed E-state index contributed by atoms with van der Waals surface area (Å²) in [6.45, 7) is 1.97. The molecule has 0 fully saturated rings. The number of nitrogens with two attached hydrogens (primary N) is 1. The van der Waals surface area contributed by atoms with Gasteiger partial charge in [-0.25, -0.2) is 4.99 Å². The molecule has 1 aromatic heterocycles. The number of aliphatic imine (C=N–C) groups is 2. The van der Waals surface area contributed by atoms with Crippen LogP contribution in [0.4, 0.5) is 5.69 Å². The third-order valence-electron chi connectivity index (χ3n) is 3.88. The Morgan fingerprint density at radius 2 is 2.25 bits per heavy atom. The molecular weight excluding hydrogens is 360 g/mol. The molecule has 146 valence electrons. The zero-order valence-corrected chi connectivity index (χ0v) is 15.5. The first-order chi connectivity index (χ1) is 13.7. The standard InChI is InChI=1S/C19H22N6O3/c1-27-17-15(5-2-6-16(17)28-11-7-20)23-19(25-10-9-22-13-25)24-18(26)14-4-3-8-21-12-14/h2-6,8,12-13H,7,9-11,20H2,1H3,(H,23,24,26). The first kappa shape index (κ1) is 19.3. The van der Waals surface area contributed by atoms with E-state index in [0.717, 1.165) is 0 Å². The van der Waals surface area contributed by atoms with Gasteiger partial charge in [-0.1, -0.05) is 6.07 Å². The molecule has 3 rings (SSSR count). The van der Waals surface area contributed by atoms with E-state index in [4.69, 9.17) is 15.2 Å². The van der Waals surface area contributed by atoms with Crippen molar-refractivity contribution in [1.29, 1.82) is 0 Å². The lowest BCUT2D eigenvalue weighted by molar-refractivity contribution is 0.0974. The van der Waals surface area contributed by atoms with Crippen LogP contribution in [-0.4, -0.2) is 61.4 Å². The third-order valence-corrected chi connectivity index (χ3v) is 3.88. The zero-order valence-electron chi connectivity index (χ0n) is 15.5. The normalized spacial score (nSPS) is 13.5. The molecule has 2 aromatic rings. The van der Waals surface area contributed by atoms with Crippen LogP contribution in [0.2, 0.25) is 0 Å².